The highest BCUT2D eigenvalue weighted by molar-refractivity contribution is 8.03. The van der Waals surface area contributed by atoms with E-state index >= 15 is 0 Å². The average molecular weight is 560 g/mol. The third kappa shape index (κ3) is 4.59. The Bertz CT molecular complexity index is 1200. The first kappa shape index (κ1) is 26.2. The molecule has 39 heavy (non-hydrogen) atoms. The van der Waals surface area contributed by atoms with Crippen molar-refractivity contribution < 1.29 is 24.3 Å². The summed E-state index contributed by atoms with van der Waals surface area (Å²) < 4.78 is 1.29. The number of β-lactam (4-membered cyclic amide) rings is 1. The maximum absolute atomic E-state index is 13.2. The van der Waals surface area contributed by atoms with Gasteiger partial charge in [-0.2, -0.15) is 0 Å². The fourth-order valence-corrected chi connectivity index (χ4v) is 8.37. The molecule has 6 heterocycles. The lowest BCUT2D eigenvalue weighted by molar-refractivity contribution is -0.158. The molecule has 210 valence electrons. The summed E-state index contributed by atoms with van der Waals surface area (Å²) in [4.78, 5) is 55.1. The van der Waals surface area contributed by atoms with Gasteiger partial charge in [0.1, 0.15) is 18.6 Å². The lowest BCUT2D eigenvalue weighted by Crippen LogP contribution is -2.66. The molecule has 5 aliphatic heterocycles. The number of aliphatic carboxylic acids is 1. The van der Waals surface area contributed by atoms with E-state index in [0.717, 1.165) is 26.1 Å². The standard InChI is InChI=1S/C24H33N9O5S/c1-11-19-18(12(2)28-17(34)9-32-10-27-29-30-32)23(36)33(19)20(24(37)38)21(11)39-14-5-15(26-6-14)22(35)31-7-13-3-4-25-16(13)8-31/h10-16,18-19,25-26H,3-9H2,1-2H3,(H,28,34)(H,37,38)/t11-,12?,13?,14?,15?,16?,18-,19-/m1/s1. The first-order valence-corrected chi connectivity index (χ1v) is 14.3. The maximum atomic E-state index is 13.2. The molecule has 0 spiro atoms. The zero-order valence-corrected chi connectivity index (χ0v) is 22.6. The van der Waals surface area contributed by atoms with E-state index in [1.165, 1.54) is 27.7 Å². The van der Waals surface area contributed by atoms with Gasteiger partial charge in [-0.1, -0.05) is 6.92 Å². The second-order valence-corrected chi connectivity index (χ2v) is 12.5. The number of thioether (sulfide) groups is 1. The van der Waals surface area contributed by atoms with E-state index in [-0.39, 0.29) is 53.2 Å². The summed E-state index contributed by atoms with van der Waals surface area (Å²) in [5.74, 6) is -1.87. The first-order chi connectivity index (χ1) is 18.7. The van der Waals surface area contributed by atoms with E-state index in [1.807, 2.05) is 11.8 Å². The van der Waals surface area contributed by atoms with Crippen LogP contribution in [0.4, 0.5) is 0 Å². The monoisotopic (exact) mass is 559 g/mol. The molecule has 4 fully saturated rings. The van der Waals surface area contributed by atoms with Crippen molar-refractivity contribution in [3.05, 3.63) is 16.9 Å². The molecule has 4 N–H and O–H groups in total. The van der Waals surface area contributed by atoms with Crippen LogP contribution in [-0.2, 0) is 25.7 Å². The van der Waals surface area contributed by atoms with Gasteiger partial charge in [0.2, 0.25) is 17.7 Å². The topological polar surface area (TPSA) is 175 Å². The predicted octanol–water partition coefficient (Wildman–Crippen LogP) is -1.77. The Balaban J connectivity index is 1.09. The number of hydrogen-bond donors (Lipinski definition) is 4. The number of carboxylic acid groups (broad SMARTS) is 1. The minimum Gasteiger partial charge on any atom is -0.477 e. The summed E-state index contributed by atoms with van der Waals surface area (Å²) in [5.41, 5.74) is 0.0270. The number of tetrazole rings is 1. The maximum Gasteiger partial charge on any atom is 0.353 e. The van der Waals surface area contributed by atoms with Gasteiger partial charge < -0.3 is 30.9 Å². The Morgan fingerprint density at radius 1 is 1.28 bits per heavy atom. The molecule has 8 atom stereocenters. The number of nitrogens with zero attached hydrogens (tertiary/aromatic N) is 6. The Hall–Kier alpha value is -3.04. The molecule has 3 amide bonds. The van der Waals surface area contributed by atoms with Crippen molar-refractivity contribution in [2.24, 2.45) is 17.8 Å². The molecule has 1 aromatic heterocycles. The number of fused-ring (bicyclic) bond motifs is 2. The van der Waals surface area contributed by atoms with Crippen LogP contribution in [0.1, 0.15) is 26.7 Å². The average Bonchev–Trinajstić information content (AvgIpc) is 3.69. The van der Waals surface area contributed by atoms with E-state index < -0.39 is 17.9 Å². The number of carbonyl (C=O) groups is 4. The number of hydrogen-bond acceptors (Lipinski definition) is 10. The number of likely N-dealkylation sites (tertiary alicyclic amines) is 1. The van der Waals surface area contributed by atoms with Crippen molar-refractivity contribution in [2.45, 2.75) is 62.7 Å². The zero-order chi connectivity index (χ0) is 27.4. The SMILES string of the molecule is CC(NC(=O)Cn1cnnn1)[C@H]1C(=O)N2C(C(=O)O)=C(SC3CNC(C(=O)N4CC5CCNC5C4)C3)[C@H](C)[C@H]12. The summed E-state index contributed by atoms with van der Waals surface area (Å²) in [5, 5.41) is 30.4. The van der Waals surface area contributed by atoms with Gasteiger partial charge in [0.25, 0.3) is 0 Å². The third-order valence-corrected chi connectivity index (χ3v) is 10.3. The quantitative estimate of drug-likeness (QED) is 0.266. The van der Waals surface area contributed by atoms with E-state index in [4.69, 9.17) is 0 Å². The Labute approximate surface area is 229 Å². The van der Waals surface area contributed by atoms with Crippen LogP contribution in [0.5, 0.6) is 0 Å². The van der Waals surface area contributed by atoms with Crippen molar-refractivity contribution in [2.75, 3.05) is 26.2 Å². The van der Waals surface area contributed by atoms with Crippen LogP contribution >= 0.6 is 11.8 Å². The highest BCUT2D eigenvalue weighted by atomic mass is 32.2. The minimum atomic E-state index is -1.14. The first-order valence-electron chi connectivity index (χ1n) is 13.5. The smallest absolute Gasteiger partial charge is 0.353 e. The lowest BCUT2D eigenvalue weighted by atomic mass is 9.78. The van der Waals surface area contributed by atoms with Crippen LogP contribution in [0, 0.1) is 17.8 Å². The van der Waals surface area contributed by atoms with Crippen molar-refractivity contribution in [1.82, 2.24) is 46.0 Å². The van der Waals surface area contributed by atoms with Crippen molar-refractivity contribution in [3.8, 4) is 0 Å². The van der Waals surface area contributed by atoms with E-state index in [2.05, 4.69) is 31.5 Å². The summed E-state index contributed by atoms with van der Waals surface area (Å²) in [6.07, 6.45) is 3.04. The molecule has 0 radical (unpaired) electrons. The van der Waals surface area contributed by atoms with Gasteiger partial charge in [0.05, 0.1) is 18.0 Å². The molecular formula is C24H33N9O5S. The minimum absolute atomic E-state index is 0.0200. The third-order valence-electron chi connectivity index (χ3n) is 8.77. The predicted molar refractivity (Wildman–Crippen MR) is 138 cm³/mol. The van der Waals surface area contributed by atoms with E-state index in [9.17, 15) is 24.3 Å². The number of carboxylic acids is 1. The molecule has 15 heteroatoms. The normalized spacial score (nSPS) is 34.2. The Kier molecular flexibility index (Phi) is 6.83. The number of nitrogens with one attached hydrogen (secondary N) is 3. The molecule has 0 aromatic carbocycles. The second-order valence-electron chi connectivity index (χ2n) is 11.2. The molecule has 4 saturated heterocycles. The number of aromatic nitrogens is 4. The fourth-order valence-electron chi connectivity index (χ4n) is 6.90. The van der Waals surface area contributed by atoms with Crippen molar-refractivity contribution in [1.29, 1.82) is 0 Å². The van der Waals surface area contributed by atoms with Gasteiger partial charge in [-0.15, -0.1) is 16.9 Å². The Morgan fingerprint density at radius 2 is 2.10 bits per heavy atom. The molecule has 1 aromatic rings. The van der Waals surface area contributed by atoms with Crippen LogP contribution in [0.2, 0.25) is 0 Å². The van der Waals surface area contributed by atoms with Gasteiger partial charge in [-0.3, -0.25) is 14.4 Å². The van der Waals surface area contributed by atoms with Gasteiger partial charge in [0, 0.05) is 47.8 Å². The molecule has 0 bridgehead atoms. The zero-order valence-electron chi connectivity index (χ0n) is 21.8. The summed E-state index contributed by atoms with van der Waals surface area (Å²) in [7, 11) is 0. The van der Waals surface area contributed by atoms with Crippen molar-refractivity contribution in [3.63, 3.8) is 0 Å². The van der Waals surface area contributed by atoms with Gasteiger partial charge in [0.15, 0.2) is 0 Å². The van der Waals surface area contributed by atoms with E-state index in [0.29, 0.717) is 29.8 Å². The lowest BCUT2D eigenvalue weighted by Gasteiger charge is -2.47. The van der Waals surface area contributed by atoms with Gasteiger partial charge >= 0.3 is 5.97 Å². The van der Waals surface area contributed by atoms with Crippen LogP contribution in [0.15, 0.2) is 16.9 Å². The van der Waals surface area contributed by atoms with Crippen LogP contribution in [0.3, 0.4) is 0 Å². The van der Waals surface area contributed by atoms with Gasteiger partial charge in [-0.25, -0.2) is 9.48 Å². The Morgan fingerprint density at radius 3 is 2.82 bits per heavy atom. The largest absolute Gasteiger partial charge is 0.477 e. The molecule has 0 saturated carbocycles. The van der Waals surface area contributed by atoms with Gasteiger partial charge in [-0.05, 0) is 42.7 Å². The molecule has 5 unspecified atom stereocenters. The second kappa shape index (κ2) is 10.2. The molecule has 5 aliphatic rings. The van der Waals surface area contributed by atoms with Crippen LogP contribution < -0.4 is 16.0 Å². The summed E-state index contributed by atoms with van der Waals surface area (Å²) in [6, 6.07) is -0.731. The highest BCUT2D eigenvalue weighted by Gasteiger charge is 2.60. The van der Waals surface area contributed by atoms with Crippen LogP contribution in [0.25, 0.3) is 0 Å². The summed E-state index contributed by atoms with van der Waals surface area (Å²) in [6.45, 7) is 6.77. The molecular weight excluding hydrogens is 526 g/mol. The fraction of sp³-hybridized carbons (Fsp3) is 0.708. The molecule has 14 nitrogen and oxygen atoms in total. The number of rotatable bonds is 8. The number of carbonyl (C=O) groups excluding carboxylic acids is 3. The molecule has 6 rings (SSSR count). The van der Waals surface area contributed by atoms with Crippen molar-refractivity contribution >= 4 is 35.5 Å². The summed E-state index contributed by atoms with van der Waals surface area (Å²) >= 11 is 1.47. The number of amides is 3. The molecule has 0 aliphatic carbocycles. The van der Waals surface area contributed by atoms with E-state index in [1.54, 1.807) is 6.92 Å². The highest BCUT2D eigenvalue weighted by Crippen LogP contribution is 2.52. The van der Waals surface area contributed by atoms with Crippen LogP contribution in [-0.4, -0.2) is 114 Å².